The molecule has 204 valence electrons. The highest BCUT2D eigenvalue weighted by Gasteiger charge is 2.39. The summed E-state index contributed by atoms with van der Waals surface area (Å²) in [5.74, 6) is -1.13. The number of hydrogen-bond donors (Lipinski definition) is 1. The van der Waals surface area contributed by atoms with Gasteiger partial charge in [0.2, 0.25) is 0 Å². The maximum absolute atomic E-state index is 13.6. The summed E-state index contributed by atoms with van der Waals surface area (Å²) in [7, 11) is 4.37. The average Bonchev–Trinajstić information content (AvgIpc) is 3.28. The molecule has 0 bridgehead atoms. The SMILES string of the molecule is CCCCOC(=O)C1=C(N)n2c(s/c(=C\c3ccc(OC)cc3)c2=O)=C(C(=O)OC)[C@H]1c1ccc(OC)cc1. The molecule has 1 aliphatic heterocycles. The molecule has 39 heavy (non-hydrogen) atoms. The lowest BCUT2D eigenvalue weighted by Crippen LogP contribution is -2.41. The number of methoxy groups -OCH3 is 3. The molecule has 0 saturated carbocycles. The van der Waals surface area contributed by atoms with Gasteiger partial charge in [0.1, 0.15) is 22.0 Å². The zero-order valence-electron chi connectivity index (χ0n) is 22.2. The van der Waals surface area contributed by atoms with Crippen molar-refractivity contribution in [3.05, 3.63) is 84.8 Å². The van der Waals surface area contributed by atoms with Crippen LogP contribution in [0.15, 0.2) is 58.9 Å². The first-order chi connectivity index (χ1) is 18.8. The fourth-order valence-corrected chi connectivity index (χ4v) is 5.49. The van der Waals surface area contributed by atoms with Gasteiger partial charge in [0.25, 0.3) is 5.56 Å². The molecule has 3 aromatic rings. The molecule has 9 nitrogen and oxygen atoms in total. The average molecular weight is 551 g/mol. The van der Waals surface area contributed by atoms with Crippen LogP contribution in [-0.4, -0.2) is 44.4 Å². The quantitative estimate of drug-likeness (QED) is 0.319. The molecule has 0 radical (unpaired) electrons. The third-order valence-corrected chi connectivity index (χ3v) is 7.48. The molecule has 0 unspecified atom stereocenters. The molecule has 0 spiro atoms. The van der Waals surface area contributed by atoms with Gasteiger partial charge in [-0.3, -0.25) is 9.36 Å². The first-order valence-corrected chi connectivity index (χ1v) is 13.2. The number of rotatable bonds is 9. The zero-order valence-corrected chi connectivity index (χ0v) is 23.0. The van der Waals surface area contributed by atoms with Crippen molar-refractivity contribution < 1.29 is 28.5 Å². The second-order valence-corrected chi connectivity index (χ2v) is 9.76. The van der Waals surface area contributed by atoms with Crippen LogP contribution in [-0.2, 0) is 19.1 Å². The Labute approximate surface area is 229 Å². The van der Waals surface area contributed by atoms with E-state index in [1.54, 1.807) is 56.7 Å². The highest BCUT2D eigenvalue weighted by Crippen LogP contribution is 2.38. The van der Waals surface area contributed by atoms with Crippen LogP contribution in [0.5, 0.6) is 11.5 Å². The molecule has 0 amide bonds. The van der Waals surface area contributed by atoms with Crippen LogP contribution in [0.25, 0.3) is 17.5 Å². The molecule has 2 N–H and O–H groups in total. The summed E-state index contributed by atoms with van der Waals surface area (Å²) in [6.07, 6.45) is 3.17. The summed E-state index contributed by atoms with van der Waals surface area (Å²) in [5, 5.41) is 0. The van der Waals surface area contributed by atoms with Gasteiger partial charge in [-0.1, -0.05) is 37.6 Å². The third kappa shape index (κ3) is 5.46. The van der Waals surface area contributed by atoms with Crippen molar-refractivity contribution in [2.45, 2.75) is 25.7 Å². The Morgan fingerprint density at radius 1 is 0.949 bits per heavy atom. The van der Waals surface area contributed by atoms with Crippen molar-refractivity contribution in [1.29, 1.82) is 0 Å². The van der Waals surface area contributed by atoms with E-state index in [1.165, 1.54) is 11.7 Å². The van der Waals surface area contributed by atoms with Crippen molar-refractivity contribution in [3.63, 3.8) is 0 Å². The van der Waals surface area contributed by atoms with Crippen molar-refractivity contribution >= 4 is 40.7 Å². The third-order valence-electron chi connectivity index (χ3n) is 6.37. The molecular formula is C29H30N2O7S. The minimum atomic E-state index is -0.927. The zero-order chi connectivity index (χ0) is 28.1. The van der Waals surface area contributed by atoms with Crippen LogP contribution < -0.4 is 30.0 Å². The maximum Gasteiger partial charge on any atom is 0.338 e. The number of esters is 2. The van der Waals surface area contributed by atoms with Crippen LogP contribution in [0, 0.1) is 0 Å². The highest BCUT2D eigenvalue weighted by atomic mass is 32.1. The number of carbonyl (C=O) groups excluding carboxylic acids is 2. The molecule has 0 fully saturated rings. The van der Waals surface area contributed by atoms with Gasteiger partial charge in [0, 0.05) is 0 Å². The first-order valence-electron chi connectivity index (χ1n) is 12.4. The molecular weight excluding hydrogens is 520 g/mol. The van der Waals surface area contributed by atoms with Gasteiger partial charge in [0.05, 0.1) is 49.5 Å². The second-order valence-electron chi connectivity index (χ2n) is 8.73. The van der Waals surface area contributed by atoms with E-state index in [0.29, 0.717) is 28.0 Å². The molecule has 10 heteroatoms. The van der Waals surface area contributed by atoms with E-state index in [1.807, 2.05) is 19.1 Å². The van der Waals surface area contributed by atoms with Crippen molar-refractivity contribution in [3.8, 4) is 11.5 Å². The molecule has 1 aromatic heterocycles. The summed E-state index contributed by atoms with van der Waals surface area (Å²) < 4.78 is 23.0. The lowest BCUT2D eigenvalue weighted by Gasteiger charge is -2.27. The van der Waals surface area contributed by atoms with Gasteiger partial charge in [-0.15, -0.1) is 11.3 Å². The number of thiazole rings is 1. The van der Waals surface area contributed by atoms with E-state index in [0.717, 1.165) is 23.3 Å². The Balaban J connectivity index is 2.01. The molecule has 2 heterocycles. The van der Waals surface area contributed by atoms with Gasteiger partial charge >= 0.3 is 11.9 Å². The Morgan fingerprint density at radius 3 is 2.13 bits per heavy atom. The molecule has 0 aliphatic carbocycles. The smallest absolute Gasteiger partial charge is 0.338 e. The number of fused-ring (bicyclic) bond motifs is 1. The number of unbranched alkanes of at least 4 members (excludes halogenated alkanes) is 1. The van der Waals surface area contributed by atoms with E-state index in [4.69, 9.17) is 24.7 Å². The Bertz CT molecular complexity index is 1580. The van der Waals surface area contributed by atoms with Crippen LogP contribution in [0.2, 0.25) is 0 Å². The Hall–Kier alpha value is -4.31. The van der Waals surface area contributed by atoms with E-state index in [9.17, 15) is 14.4 Å². The van der Waals surface area contributed by atoms with Crippen LogP contribution in [0.3, 0.4) is 0 Å². The van der Waals surface area contributed by atoms with Gasteiger partial charge in [-0.2, -0.15) is 0 Å². The van der Waals surface area contributed by atoms with Crippen molar-refractivity contribution in [2.75, 3.05) is 27.9 Å². The number of hydrogen-bond acceptors (Lipinski definition) is 9. The fourth-order valence-electron chi connectivity index (χ4n) is 4.32. The topological polar surface area (TPSA) is 119 Å². The maximum atomic E-state index is 13.6. The van der Waals surface area contributed by atoms with Gasteiger partial charge in [-0.05, 0) is 47.9 Å². The van der Waals surface area contributed by atoms with Crippen LogP contribution in [0.1, 0.15) is 36.8 Å². The number of carbonyl (C=O) groups is 2. The normalized spacial score (nSPS) is 15.1. The summed E-state index contributed by atoms with van der Waals surface area (Å²) in [5.41, 5.74) is 7.56. The summed E-state index contributed by atoms with van der Waals surface area (Å²) in [4.78, 5) is 40.4. The number of aromatic nitrogens is 1. The van der Waals surface area contributed by atoms with Crippen molar-refractivity contribution in [2.24, 2.45) is 5.73 Å². The summed E-state index contributed by atoms with van der Waals surface area (Å²) >= 11 is 1.10. The van der Waals surface area contributed by atoms with Gasteiger partial charge < -0.3 is 24.7 Å². The van der Waals surface area contributed by atoms with E-state index < -0.39 is 23.4 Å². The fraction of sp³-hybridized carbons (Fsp3) is 0.276. The van der Waals surface area contributed by atoms with Crippen LogP contribution in [0.4, 0.5) is 0 Å². The van der Waals surface area contributed by atoms with E-state index in [2.05, 4.69) is 0 Å². The number of ether oxygens (including phenoxy) is 4. The van der Waals surface area contributed by atoms with E-state index >= 15 is 0 Å². The van der Waals surface area contributed by atoms with Gasteiger partial charge in [-0.25, -0.2) is 9.59 Å². The number of nitrogens with two attached hydrogens (primary N) is 1. The first kappa shape index (κ1) is 27.7. The Kier molecular flexibility index (Phi) is 8.55. The van der Waals surface area contributed by atoms with Crippen molar-refractivity contribution in [1.82, 2.24) is 4.57 Å². The minimum absolute atomic E-state index is 0.0000624. The minimum Gasteiger partial charge on any atom is -0.497 e. The lowest BCUT2D eigenvalue weighted by atomic mass is 9.83. The summed E-state index contributed by atoms with van der Waals surface area (Å²) in [6.45, 7) is 2.15. The Morgan fingerprint density at radius 2 is 1.56 bits per heavy atom. The molecule has 1 atom stereocenters. The molecule has 4 rings (SSSR count). The van der Waals surface area contributed by atoms with Crippen LogP contribution >= 0.6 is 11.3 Å². The second kappa shape index (κ2) is 12.0. The summed E-state index contributed by atoms with van der Waals surface area (Å²) in [6, 6.07) is 14.1. The van der Waals surface area contributed by atoms with E-state index in [-0.39, 0.29) is 28.2 Å². The largest absolute Gasteiger partial charge is 0.497 e. The molecule has 2 aromatic carbocycles. The highest BCUT2D eigenvalue weighted by molar-refractivity contribution is 7.07. The predicted molar refractivity (Wildman–Crippen MR) is 149 cm³/mol. The molecule has 0 saturated heterocycles. The number of nitrogens with zero attached hydrogens (tertiary/aromatic N) is 1. The number of benzene rings is 2. The standard InChI is InChI=1S/C29H30N2O7S/c1-5-6-15-38-29(34)23-22(18-9-13-20(36-3)14-10-18)24(28(33)37-4)27-31(25(23)30)26(32)21(39-27)16-17-7-11-19(35-2)12-8-17/h7-14,16,22H,5-6,15,30H2,1-4H3/b21-16-/t22-/m0/s1. The monoisotopic (exact) mass is 550 g/mol. The lowest BCUT2D eigenvalue weighted by molar-refractivity contribution is -0.139. The van der Waals surface area contributed by atoms with Gasteiger partial charge in [0.15, 0.2) is 0 Å². The molecule has 1 aliphatic rings. The predicted octanol–water partition coefficient (Wildman–Crippen LogP) is 2.35.